The summed E-state index contributed by atoms with van der Waals surface area (Å²) < 4.78 is 14.7. The van der Waals surface area contributed by atoms with Crippen LogP contribution < -0.4 is 0 Å². The minimum Gasteiger partial charge on any atom is -0.450 e. The van der Waals surface area contributed by atoms with Gasteiger partial charge < -0.3 is 14.0 Å². The van der Waals surface area contributed by atoms with Gasteiger partial charge >= 0.3 is 5.97 Å². The van der Waals surface area contributed by atoms with Crippen molar-refractivity contribution in [2.75, 3.05) is 6.61 Å². The van der Waals surface area contributed by atoms with Crippen molar-refractivity contribution in [3.05, 3.63) is 0 Å². The summed E-state index contributed by atoms with van der Waals surface area (Å²) in [7, 11) is 1.88. The van der Waals surface area contributed by atoms with Gasteiger partial charge in [-0.1, -0.05) is 13.8 Å². The molecule has 0 aromatic heterocycles. The third-order valence-electron chi connectivity index (χ3n) is 1.39. The van der Waals surface area contributed by atoms with Gasteiger partial charge in [-0.25, -0.2) is 4.79 Å². The van der Waals surface area contributed by atoms with Crippen molar-refractivity contribution in [2.45, 2.75) is 39.6 Å². The minimum atomic E-state index is -0.663. The van der Waals surface area contributed by atoms with Crippen molar-refractivity contribution < 1.29 is 18.8 Å². The van der Waals surface area contributed by atoms with E-state index in [1.807, 2.05) is 23.3 Å². The maximum Gasteiger partial charge on any atom is 0.339 e. The molecule has 0 N–H and O–H groups in total. The molecule has 0 radical (unpaired) electrons. The summed E-state index contributed by atoms with van der Waals surface area (Å²) in [6.07, 6.45) is -0.581. The number of carbonyl (C=O) groups excluding carboxylic acids is 1. The molecule has 5 heteroatoms. The van der Waals surface area contributed by atoms with Crippen molar-refractivity contribution in [1.29, 1.82) is 0 Å². The molecule has 0 aliphatic carbocycles. The van der Waals surface area contributed by atoms with Crippen molar-refractivity contribution in [3.63, 3.8) is 0 Å². The number of hydrogen-bond donors (Lipinski definition) is 0. The predicted molar refractivity (Wildman–Crippen MR) is 52.1 cm³/mol. The Morgan fingerprint density at radius 1 is 1.54 bits per heavy atom. The van der Waals surface area contributed by atoms with E-state index in [-0.39, 0.29) is 6.61 Å². The fourth-order valence-corrected chi connectivity index (χ4v) is 1.03. The summed E-state index contributed by atoms with van der Waals surface area (Å²) >= 11 is 0. The molecule has 0 spiro atoms. The quantitative estimate of drug-likeness (QED) is 0.612. The van der Waals surface area contributed by atoms with Gasteiger partial charge in [-0.2, -0.15) is 0 Å². The highest BCUT2D eigenvalue weighted by Crippen LogP contribution is 2.23. The van der Waals surface area contributed by atoms with Crippen LogP contribution in [0.15, 0.2) is 0 Å². The van der Waals surface area contributed by atoms with E-state index in [0.717, 1.165) is 0 Å². The highest BCUT2D eigenvalue weighted by atomic mass is 31.0. The second kappa shape index (κ2) is 5.53. The lowest BCUT2D eigenvalue weighted by Gasteiger charge is -2.15. The van der Waals surface area contributed by atoms with Gasteiger partial charge in [0.15, 0.2) is 11.9 Å². The Morgan fingerprint density at radius 2 is 2.08 bits per heavy atom. The molecule has 1 aliphatic rings. The molecule has 1 unspecified atom stereocenters. The molecule has 13 heavy (non-hydrogen) atoms. The Balaban J connectivity index is 0.000000671. The van der Waals surface area contributed by atoms with E-state index in [1.165, 1.54) is 0 Å². The molecule has 2 atom stereocenters. The Labute approximate surface area is 81.2 Å². The lowest BCUT2D eigenvalue weighted by Crippen LogP contribution is -2.26. The zero-order valence-electron chi connectivity index (χ0n) is 8.49. The first-order valence-electron chi connectivity index (χ1n) is 4.27. The summed E-state index contributed by atoms with van der Waals surface area (Å²) in [5, 5.41) is 0. The predicted octanol–water partition coefficient (Wildman–Crippen LogP) is 1.50. The van der Waals surface area contributed by atoms with Crippen LogP contribution in [0.2, 0.25) is 0 Å². The Kier molecular flexibility index (Phi) is 5.45. The van der Waals surface area contributed by atoms with E-state index in [1.54, 1.807) is 13.8 Å². The average molecular weight is 208 g/mol. The van der Waals surface area contributed by atoms with E-state index in [2.05, 4.69) is 4.52 Å². The maximum absolute atomic E-state index is 10.9. The first-order chi connectivity index (χ1) is 6.05. The molecule has 0 amide bonds. The van der Waals surface area contributed by atoms with Gasteiger partial charge in [-0.15, -0.1) is 0 Å². The molecule has 0 bridgehead atoms. The first-order valence-corrected chi connectivity index (χ1v) is 4.74. The van der Waals surface area contributed by atoms with Crippen molar-refractivity contribution in [3.8, 4) is 0 Å². The van der Waals surface area contributed by atoms with Crippen LogP contribution in [0.25, 0.3) is 0 Å². The zero-order valence-corrected chi connectivity index (χ0v) is 9.65. The summed E-state index contributed by atoms with van der Waals surface area (Å²) in [6.45, 7) is 7.77. The van der Waals surface area contributed by atoms with E-state index < -0.39 is 17.9 Å². The SMILES string of the molecule is CC.CC1(C)OC[C@@H](C(=O)OP)O1. The van der Waals surface area contributed by atoms with Crippen LogP contribution in [0.1, 0.15) is 27.7 Å². The van der Waals surface area contributed by atoms with Gasteiger partial charge in [-0.3, -0.25) is 0 Å². The fourth-order valence-electron chi connectivity index (χ4n) is 0.879. The number of hydrogen-bond acceptors (Lipinski definition) is 4. The van der Waals surface area contributed by atoms with Gasteiger partial charge in [0.1, 0.15) is 0 Å². The van der Waals surface area contributed by atoms with Crippen LogP contribution in [0.3, 0.4) is 0 Å². The van der Waals surface area contributed by atoms with Gasteiger partial charge in [0.05, 0.1) is 16.1 Å². The van der Waals surface area contributed by atoms with Gasteiger partial charge in [-0.05, 0) is 13.8 Å². The number of ether oxygens (including phenoxy) is 2. The highest BCUT2D eigenvalue weighted by Gasteiger charge is 2.37. The molecular formula is C8H17O4P. The van der Waals surface area contributed by atoms with Gasteiger partial charge in [0.2, 0.25) is 0 Å². The zero-order chi connectivity index (χ0) is 10.5. The summed E-state index contributed by atoms with van der Waals surface area (Å²) in [6, 6.07) is 0. The number of rotatable bonds is 1. The molecule has 1 aliphatic heterocycles. The van der Waals surface area contributed by atoms with E-state index in [9.17, 15) is 4.79 Å². The molecule has 0 aromatic carbocycles. The second-order valence-electron chi connectivity index (χ2n) is 2.75. The van der Waals surface area contributed by atoms with Gasteiger partial charge in [0, 0.05) is 0 Å². The van der Waals surface area contributed by atoms with Gasteiger partial charge in [0.25, 0.3) is 0 Å². The molecule has 4 nitrogen and oxygen atoms in total. The summed E-state index contributed by atoms with van der Waals surface area (Å²) in [5.41, 5.74) is 0. The average Bonchev–Trinajstić information content (AvgIpc) is 2.48. The highest BCUT2D eigenvalue weighted by molar-refractivity contribution is 7.10. The van der Waals surface area contributed by atoms with Crippen LogP contribution in [0, 0.1) is 0 Å². The first kappa shape index (κ1) is 12.8. The standard InChI is InChI=1S/C6H11O4P.C2H6/c1-6(2)8-3-4(9-6)5(7)10-11;1-2/h4H,3,11H2,1-2H3;1-2H3/t4-;/m0./s1. The third kappa shape index (κ3) is 4.03. The van der Waals surface area contributed by atoms with Crippen molar-refractivity contribution in [2.24, 2.45) is 0 Å². The summed E-state index contributed by atoms with van der Waals surface area (Å²) in [5.74, 6) is -1.08. The lowest BCUT2D eigenvalue weighted by molar-refractivity contribution is -0.161. The van der Waals surface area contributed by atoms with Crippen molar-refractivity contribution >= 4 is 15.4 Å². The van der Waals surface area contributed by atoms with Crippen LogP contribution in [-0.4, -0.2) is 24.5 Å². The largest absolute Gasteiger partial charge is 0.450 e. The molecule has 1 heterocycles. The van der Waals surface area contributed by atoms with Crippen LogP contribution in [-0.2, 0) is 18.8 Å². The lowest BCUT2D eigenvalue weighted by atomic mass is 10.4. The molecule has 0 aromatic rings. The molecule has 1 saturated heterocycles. The molecule has 1 fully saturated rings. The topological polar surface area (TPSA) is 44.8 Å². The Morgan fingerprint density at radius 3 is 2.38 bits per heavy atom. The summed E-state index contributed by atoms with van der Waals surface area (Å²) in [4.78, 5) is 10.9. The smallest absolute Gasteiger partial charge is 0.339 e. The molecular weight excluding hydrogens is 191 g/mol. The molecule has 1 rings (SSSR count). The van der Waals surface area contributed by atoms with E-state index >= 15 is 0 Å². The van der Waals surface area contributed by atoms with Crippen LogP contribution >= 0.6 is 9.47 Å². The molecule has 78 valence electrons. The van der Waals surface area contributed by atoms with Crippen LogP contribution in [0.4, 0.5) is 0 Å². The second-order valence-corrected chi connectivity index (χ2v) is 2.99. The Bertz CT molecular complexity index is 170. The monoisotopic (exact) mass is 208 g/mol. The maximum atomic E-state index is 10.9. The normalized spacial score (nSPS) is 24.5. The fraction of sp³-hybridized carbons (Fsp3) is 0.875. The minimum absolute atomic E-state index is 0.264. The van der Waals surface area contributed by atoms with E-state index in [0.29, 0.717) is 0 Å². The number of carbonyl (C=O) groups is 1. The molecule has 0 saturated carbocycles. The third-order valence-corrected chi connectivity index (χ3v) is 1.62. The van der Waals surface area contributed by atoms with Crippen molar-refractivity contribution in [1.82, 2.24) is 0 Å². The van der Waals surface area contributed by atoms with Crippen LogP contribution in [0.5, 0.6) is 0 Å². The van der Waals surface area contributed by atoms with E-state index in [4.69, 9.17) is 9.47 Å². The Hall–Kier alpha value is -0.180.